The van der Waals surface area contributed by atoms with E-state index in [0.717, 1.165) is 5.52 Å². The van der Waals surface area contributed by atoms with Crippen LogP contribution in [0, 0.1) is 10.1 Å². The number of nitrogens with two attached hydrogens (primary N) is 1. The van der Waals surface area contributed by atoms with Crippen LogP contribution in [0.15, 0.2) is 30.3 Å². The first kappa shape index (κ1) is 13.9. The Kier molecular flexibility index (Phi) is 2.98. The second-order valence-electron chi connectivity index (χ2n) is 4.92. The lowest BCUT2D eigenvalue weighted by Gasteiger charge is -2.07. The van der Waals surface area contributed by atoms with Gasteiger partial charge >= 0.3 is 0 Å². The molecule has 7 heteroatoms. The van der Waals surface area contributed by atoms with Crippen molar-refractivity contribution in [3.8, 4) is 5.75 Å². The van der Waals surface area contributed by atoms with Crippen molar-refractivity contribution in [1.29, 1.82) is 0 Å². The largest absolute Gasteiger partial charge is 0.495 e. The maximum Gasteiger partial charge on any atom is 0.270 e. The topological polar surface area (TPSA) is 100 Å². The fourth-order valence-corrected chi connectivity index (χ4v) is 2.80. The van der Waals surface area contributed by atoms with Gasteiger partial charge < -0.3 is 15.0 Å². The van der Waals surface area contributed by atoms with Crippen molar-refractivity contribution in [3.63, 3.8) is 0 Å². The van der Waals surface area contributed by atoms with Gasteiger partial charge in [0.15, 0.2) is 0 Å². The van der Waals surface area contributed by atoms with Crippen LogP contribution in [0.4, 0.5) is 5.69 Å². The molecule has 1 amide bonds. The zero-order valence-electron chi connectivity index (χ0n) is 12.0. The third kappa shape index (κ3) is 1.79. The Morgan fingerprint density at radius 2 is 2.05 bits per heavy atom. The number of methoxy groups -OCH3 is 1. The monoisotopic (exact) mass is 299 g/mol. The molecule has 0 aliphatic heterocycles. The Balaban J connectivity index is 2.58. The summed E-state index contributed by atoms with van der Waals surface area (Å²) in [4.78, 5) is 22.3. The normalized spacial score (nSPS) is 11.0. The first-order valence-corrected chi connectivity index (χ1v) is 6.49. The van der Waals surface area contributed by atoms with E-state index in [9.17, 15) is 14.9 Å². The van der Waals surface area contributed by atoms with Crippen molar-refractivity contribution in [2.24, 2.45) is 12.8 Å². The lowest BCUT2D eigenvalue weighted by atomic mass is 10.0. The highest BCUT2D eigenvalue weighted by atomic mass is 16.6. The number of amides is 1. The average Bonchev–Trinajstić information content (AvgIpc) is 2.79. The van der Waals surface area contributed by atoms with Crippen molar-refractivity contribution in [1.82, 2.24) is 4.57 Å². The molecule has 0 aliphatic rings. The van der Waals surface area contributed by atoms with Gasteiger partial charge in [0.1, 0.15) is 5.75 Å². The summed E-state index contributed by atoms with van der Waals surface area (Å²) in [6.45, 7) is 0. The second kappa shape index (κ2) is 4.73. The molecule has 0 spiro atoms. The number of rotatable bonds is 3. The molecule has 1 heterocycles. The maximum atomic E-state index is 11.7. The zero-order chi connectivity index (χ0) is 16.0. The van der Waals surface area contributed by atoms with E-state index in [-0.39, 0.29) is 5.69 Å². The van der Waals surface area contributed by atoms with Crippen molar-refractivity contribution < 1.29 is 14.5 Å². The Labute approximate surface area is 125 Å². The number of carbonyl (C=O) groups excluding carboxylic acids is 1. The molecule has 0 atom stereocenters. The van der Waals surface area contributed by atoms with Crippen LogP contribution in [0.1, 0.15) is 10.4 Å². The van der Waals surface area contributed by atoms with Gasteiger partial charge in [-0.3, -0.25) is 14.9 Å². The highest BCUT2D eigenvalue weighted by Crippen LogP contribution is 2.37. The van der Waals surface area contributed by atoms with Gasteiger partial charge in [-0.2, -0.15) is 0 Å². The second-order valence-corrected chi connectivity index (χ2v) is 4.92. The van der Waals surface area contributed by atoms with E-state index in [0.29, 0.717) is 27.6 Å². The molecular formula is C15H13N3O4. The van der Waals surface area contributed by atoms with Gasteiger partial charge in [0.25, 0.3) is 5.69 Å². The highest BCUT2D eigenvalue weighted by molar-refractivity contribution is 6.19. The smallest absolute Gasteiger partial charge is 0.270 e. The molecule has 1 aromatic heterocycles. The standard InChI is InChI=1S/C15H13N3O4/c1-17-11-5-3-8(18(20)21)7-10(11)13-9(15(16)19)4-6-12(22-2)14(13)17/h3-7H,1-2H3,(H2,16,19). The van der Waals surface area contributed by atoms with E-state index >= 15 is 0 Å². The van der Waals surface area contributed by atoms with Crippen molar-refractivity contribution >= 4 is 33.4 Å². The SMILES string of the molecule is COc1ccc(C(N)=O)c2c3cc([N+](=O)[O-])ccc3n(C)c12. The fourth-order valence-electron chi connectivity index (χ4n) is 2.80. The molecular weight excluding hydrogens is 286 g/mol. The zero-order valence-corrected chi connectivity index (χ0v) is 12.0. The molecule has 0 saturated heterocycles. The van der Waals surface area contributed by atoms with Crippen LogP contribution < -0.4 is 10.5 Å². The molecule has 3 rings (SSSR count). The van der Waals surface area contributed by atoms with E-state index in [2.05, 4.69) is 0 Å². The van der Waals surface area contributed by atoms with Crippen molar-refractivity contribution in [2.45, 2.75) is 0 Å². The lowest BCUT2D eigenvalue weighted by molar-refractivity contribution is -0.384. The molecule has 0 fully saturated rings. The minimum absolute atomic E-state index is 0.0433. The lowest BCUT2D eigenvalue weighted by Crippen LogP contribution is -2.11. The number of aromatic nitrogens is 1. The van der Waals surface area contributed by atoms with Crippen molar-refractivity contribution in [3.05, 3.63) is 46.0 Å². The summed E-state index contributed by atoms with van der Waals surface area (Å²) in [5.41, 5.74) is 7.14. The maximum absolute atomic E-state index is 11.7. The number of nitrogens with zero attached hydrogens (tertiary/aromatic N) is 2. The van der Waals surface area contributed by atoms with Crippen molar-refractivity contribution in [2.75, 3.05) is 7.11 Å². The number of ether oxygens (including phenoxy) is 1. The summed E-state index contributed by atoms with van der Waals surface area (Å²) < 4.78 is 7.18. The van der Waals surface area contributed by atoms with E-state index < -0.39 is 10.8 Å². The molecule has 2 N–H and O–H groups in total. The number of benzene rings is 2. The van der Waals surface area contributed by atoms with E-state index in [1.54, 1.807) is 18.2 Å². The number of fused-ring (bicyclic) bond motifs is 3. The Bertz CT molecular complexity index is 943. The minimum Gasteiger partial charge on any atom is -0.495 e. The molecule has 22 heavy (non-hydrogen) atoms. The fraction of sp³-hybridized carbons (Fsp3) is 0.133. The summed E-state index contributed by atoms with van der Waals surface area (Å²) in [6.07, 6.45) is 0. The number of hydrogen-bond acceptors (Lipinski definition) is 4. The van der Waals surface area contributed by atoms with Crippen LogP contribution >= 0.6 is 0 Å². The number of aryl methyl sites for hydroxylation is 1. The quantitative estimate of drug-likeness (QED) is 0.592. The molecule has 0 radical (unpaired) electrons. The third-order valence-electron chi connectivity index (χ3n) is 3.78. The summed E-state index contributed by atoms with van der Waals surface area (Å²) in [6, 6.07) is 7.76. The average molecular weight is 299 g/mol. The van der Waals surface area contributed by atoms with Gasteiger partial charge in [-0.1, -0.05) is 0 Å². The van der Waals surface area contributed by atoms with Gasteiger partial charge in [-0.05, 0) is 18.2 Å². The predicted octanol–water partition coefficient (Wildman–Crippen LogP) is 2.35. The van der Waals surface area contributed by atoms with Crippen LogP contribution in [0.5, 0.6) is 5.75 Å². The van der Waals surface area contributed by atoms with Gasteiger partial charge in [0, 0.05) is 41.0 Å². The number of carbonyl (C=O) groups is 1. The number of primary amides is 1. The van der Waals surface area contributed by atoms with Gasteiger partial charge in [0.2, 0.25) is 5.91 Å². The number of hydrogen-bond donors (Lipinski definition) is 1. The molecule has 0 aliphatic carbocycles. The van der Waals surface area contributed by atoms with Gasteiger partial charge in [-0.25, -0.2) is 0 Å². The predicted molar refractivity (Wildman–Crippen MR) is 82.1 cm³/mol. The summed E-state index contributed by atoms with van der Waals surface area (Å²) >= 11 is 0. The molecule has 0 unspecified atom stereocenters. The Morgan fingerprint density at radius 3 is 2.64 bits per heavy atom. The summed E-state index contributed by atoms with van der Waals surface area (Å²) in [7, 11) is 3.34. The van der Waals surface area contributed by atoms with Crippen LogP contribution in [0.25, 0.3) is 21.8 Å². The van der Waals surface area contributed by atoms with E-state index in [1.165, 1.54) is 19.2 Å². The van der Waals surface area contributed by atoms with Crippen LogP contribution in [-0.4, -0.2) is 22.5 Å². The molecule has 3 aromatic rings. The minimum atomic E-state index is -0.591. The molecule has 112 valence electrons. The first-order valence-electron chi connectivity index (χ1n) is 6.49. The van der Waals surface area contributed by atoms with Crippen LogP contribution in [-0.2, 0) is 7.05 Å². The number of non-ortho nitro benzene ring substituents is 1. The Hall–Kier alpha value is -3.09. The number of nitro groups is 1. The molecule has 0 bridgehead atoms. The molecule has 2 aromatic carbocycles. The highest BCUT2D eigenvalue weighted by Gasteiger charge is 2.20. The van der Waals surface area contributed by atoms with Gasteiger partial charge in [-0.15, -0.1) is 0 Å². The summed E-state index contributed by atoms with van der Waals surface area (Å²) in [5, 5.41) is 12.2. The van der Waals surface area contributed by atoms with E-state index in [1.807, 2.05) is 11.6 Å². The summed E-state index contributed by atoms with van der Waals surface area (Å²) in [5.74, 6) is -0.0204. The first-order chi connectivity index (χ1) is 10.5. The Morgan fingerprint density at radius 1 is 1.32 bits per heavy atom. The van der Waals surface area contributed by atoms with Crippen LogP contribution in [0.2, 0.25) is 0 Å². The molecule has 0 saturated carbocycles. The number of nitro benzene ring substituents is 1. The van der Waals surface area contributed by atoms with E-state index in [4.69, 9.17) is 10.5 Å². The third-order valence-corrected chi connectivity index (χ3v) is 3.78. The van der Waals surface area contributed by atoms with Gasteiger partial charge in [0.05, 0.1) is 17.5 Å². The van der Waals surface area contributed by atoms with Crippen LogP contribution in [0.3, 0.4) is 0 Å². The molecule has 7 nitrogen and oxygen atoms in total.